The molecule has 0 N–H and O–H groups in total. The quantitative estimate of drug-likeness (QED) is 0.571. The Labute approximate surface area is 151 Å². The Kier molecular flexibility index (Phi) is 3.10. The van der Waals surface area contributed by atoms with E-state index in [0.717, 1.165) is 40.2 Å². The first-order valence-electron chi connectivity index (χ1n) is 8.83. The highest BCUT2D eigenvalue weighted by Crippen LogP contribution is 2.54. The second kappa shape index (κ2) is 5.27. The number of hydrogen-bond acceptors (Lipinski definition) is 4. The van der Waals surface area contributed by atoms with Crippen molar-refractivity contribution < 1.29 is 0 Å². The molecule has 2 atom stereocenters. The van der Waals surface area contributed by atoms with E-state index in [-0.39, 0.29) is 0 Å². The second-order valence-corrected chi connectivity index (χ2v) is 7.32. The Hall–Kier alpha value is -2.96. The van der Waals surface area contributed by atoms with E-state index in [1.54, 1.807) is 0 Å². The zero-order valence-electron chi connectivity index (χ0n) is 15.4. The summed E-state index contributed by atoms with van der Waals surface area (Å²) >= 11 is 0. The summed E-state index contributed by atoms with van der Waals surface area (Å²) in [6.45, 7) is 2.07. The summed E-state index contributed by atoms with van der Waals surface area (Å²) in [6, 6.07) is 2.16. The summed E-state index contributed by atoms with van der Waals surface area (Å²) in [5, 5.41) is 9.04. The summed E-state index contributed by atoms with van der Waals surface area (Å²) in [5.74, 6) is 0.991. The van der Waals surface area contributed by atoms with Crippen LogP contribution in [0.3, 0.4) is 0 Å². The van der Waals surface area contributed by atoms with Gasteiger partial charge >= 0.3 is 0 Å². The van der Waals surface area contributed by atoms with Crippen molar-refractivity contribution >= 4 is 11.2 Å². The molecule has 2 unspecified atom stereocenters. The number of fused-ring (bicyclic) bond motifs is 1. The highest BCUT2D eigenvalue weighted by molar-refractivity contribution is 5.78. The first kappa shape index (κ1) is 15.3. The van der Waals surface area contributed by atoms with Gasteiger partial charge in [0.15, 0.2) is 5.65 Å². The van der Waals surface area contributed by atoms with Crippen LogP contribution in [-0.4, -0.2) is 34.1 Å². The summed E-state index contributed by atoms with van der Waals surface area (Å²) in [7, 11) is 5.93. The predicted molar refractivity (Wildman–Crippen MR) is 98.8 cm³/mol. The van der Waals surface area contributed by atoms with Crippen LogP contribution >= 0.6 is 0 Å². The van der Waals surface area contributed by atoms with Crippen molar-refractivity contribution in [2.75, 3.05) is 0 Å². The number of rotatable bonds is 3. The topological polar surface area (TPSA) is 66.3 Å². The summed E-state index contributed by atoms with van der Waals surface area (Å²) in [4.78, 5) is 9.45. The van der Waals surface area contributed by atoms with E-state index >= 15 is 0 Å². The van der Waals surface area contributed by atoms with E-state index in [2.05, 4.69) is 35.5 Å². The molecule has 4 aromatic heterocycles. The van der Waals surface area contributed by atoms with Crippen molar-refractivity contribution in [3.05, 3.63) is 47.7 Å². The molecule has 0 aromatic carbocycles. The van der Waals surface area contributed by atoms with Gasteiger partial charge in [0, 0.05) is 39.5 Å². The third kappa shape index (κ3) is 2.27. The molecule has 0 spiro atoms. The molecule has 4 heterocycles. The summed E-state index contributed by atoms with van der Waals surface area (Å²) in [5.41, 5.74) is 7.30. The molecule has 1 aliphatic carbocycles. The number of aryl methyl sites for hydroxylation is 4. The van der Waals surface area contributed by atoms with Crippen LogP contribution in [0, 0.1) is 6.92 Å². The molecule has 0 amide bonds. The minimum atomic E-state index is 0.467. The fraction of sp³-hybridized carbons (Fsp3) is 0.368. The SMILES string of the molecule is Cc1cn(C)c2ncc(-c3cc(C4CC4c4cnn(C)c4)nn3C)nc12. The number of nitrogens with zero attached hydrogens (tertiary/aromatic N) is 7. The van der Waals surface area contributed by atoms with Crippen LogP contribution in [0.25, 0.3) is 22.6 Å². The minimum absolute atomic E-state index is 0.467. The van der Waals surface area contributed by atoms with Crippen molar-refractivity contribution in [2.24, 2.45) is 21.1 Å². The van der Waals surface area contributed by atoms with Gasteiger partial charge in [-0.25, -0.2) is 9.97 Å². The standard InChI is InChI=1S/C19H21N7/c1-11-9-24(2)19-18(11)22-16(8-20-19)17-6-15(23-26(17)4)14-5-13(14)12-7-21-25(3)10-12/h6-10,13-14H,5H2,1-4H3. The zero-order valence-corrected chi connectivity index (χ0v) is 15.4. The molecule has 1 aliphatic rings. The molecule has 7 nitrogen and oxygen atoms in total. The lowest BCUT2D eigenvalue weighted by atomic mass is 10.1. The molecule has 0 radical (unpaired) electrons. The van der Waals surface area contributed by atoms with Gasteiger partial charge in [0.1, 0.15) is 11.2 Å². The van der Waals surface area contributed by atoms with E-state index in [0.29, 0.717) is 11.8 Å². The number of aromatic nitrogens is 7. The van der Waals surface area contributed by atoms with Crippen LogP contribution in [0.15, 0.2) is 30.9 Å². The predicted octanol–water partition coefficient (Wildman–Crippen LogP) is 2.68. The third-order valence-electron chi connectivity index (χ3n) is 5.33. The third-order valence-corrected chi connectivity index (χ3v) is 5.33. The average molecular weight is 347 g/mol. The first-order valence-corrected chi connectivity index (χ1v) is 8.83. The fourth-order valence-corrected chi connectivity index (χ4v) is 3.87. The van der Waals surface area contributed by atoms with Gasteiger partial charge in [0.25, 0.3) is 0 Å². The largest absolute Gasteiger partial charge is 0.334 e. The van der Waals surface area contributed by atoms with Crippen LogP contribution in [0.1, 0.15) is 35.1 Å². The van der Waals surface area contributed by atoms with Crippen LogP contribution in [0.5, 0.6) is 0 Å². The van der Waals surface area contributed by atoms with Gasteiger partial charge in [-0.3, -0.25) is 9.36 Å². The average Bonchev–Trinajstić information content (AvgIpc) is 3.00. The Morgan fingerprint density at radius 1 is 1.08 bits per heavy atom. The molecule has 132 valence electrons. The van der Waals surface area contributed by atoms with Gasteiger partial charge in [-0.15, -0.1) is 0 Å². The minimum Gasteiger partial charge on any atom is -0.334 e. The lowest BCUT2D eigenvalue weighted by molar-refractivity contribution is 0.745. The molecule has 5 rings (SSSR count). The Morgan fingerprint density at radius 2 is 1.92 bits per heavy atom. The van der Waals surface area contributed by atoms with E-state index in [1.165, 1.54) is 5.56 Å². The molecule has 0 aliphatic heterocycles. The molecule has 4 aromatic rings. The normalized spacial score (nSPS) is 19.4. The van der Waals surface area contributed by atoms with Crippen molar-refractivity contribution in [2.45, 2.75) is 25.2 Å². The van der Waals surface area contributed by atoms with Gasteiger partial charge in [-0.1, -0.05) is 0 Å². The molecular formula is C19H21N7. The lowest BCUT2D eigenvalue weighted by Gasteiger charge is -2.01. The van der Waals surface area contributed by atoms with Crippen LogP contribution < -0.4 is 0 Å². The highest BCUT2D eigenvalue weighted by Gasteiger charge is 2.42. The number of hydrogen-bond donors (Lipinski definition) is 0. The van der Waals surface area contributed by atoms with E-state index in [1.807, 2.05) is 47.5 Å². The van der Waals surface area contributed by atoms with E-state index in [4.69, 9.17) is 10.1 Å². The van der Waals surface area contributed by atoms with Crippen molar-refractivity contribution in [3.63, 3.8) is 0 Å². The maximum Gasteiger partial charge on any atom is 0.158 e. The monoisotopic (exact) mass is 347 g/mol. The van der Waals surface area contributed by atoms with Gasteiger partial charge in [-0.2, -0.15) is 10.2 Å². The maximum atomic E-state index is 4.84. The lowest BCUT2D eigenvalue weighted by Crippen LogP contribution is -1.97. The summed E-state index contributed by atoms with van der Waals surface area (Å²) < 4.78 is 5.79. The van der Waals surface area contributed by atoms with Gasteiger partial charge in [0.2, 0.25) is 0 Å². The molecule has 0 bridgehead atoms. The fourth-order valence-electron chi connectivity index (χ4n) is 3.87. The van der Waals surface area contributed by atoms with Crippen molar-refractivity contribution in [1.29, 1.82) is 0 Å². The van der Waals surface area contributed by atoms with Crippen molar-refractivity contribution in [1.82, 2.24) is 34.1 Å². The van der Waals surface area contributed by atoms with Crippen LogP contribution in [0.2, 0.25) is 0 Å². The van der Waals surface area contributed by atoms with Gasteiger partial charge in [-0.05, 0) is 36.5 Å². The molecule has 1 saturated carbocycles. The molecule has 7 heteroatoms. The van der Waals surface area contributed by atoms with E-state index < -0.39 is 0 Å². The van der Waals surface area contributed by atoms with Crippen LogP contribution in [-0.2, 0) is 21.1 Å². The first-order chi connectivity index (χ1) is 12.5. The Bertz CT molecular complexity index is 1130. The molecular weight excluding hydrogens is 326 g/mol. The van der Waals surface area contributed by atoms with Gasteiger partial charge < -0.3 is 4.57 Å². The highest BCUT2D eigenvalue weighted by atomic mass is 15.3. The van der Waals surface area contributed by atoms with Crippen molar-refractivity contribution in [3.8, 4) is 11.4 Å². The maximum absolute atomic E-state index is 4.84. The van der Waals surface area contributed by atoms with Gasteiger partial charge in [0.05, 0.1) is 23.8 Å². The zero-order chi connectivity index (χ0) is 18.0. The Morgan fingerprint density at radius 3 is 2.69 bits per heavy atom. The summed E-state index contributed by atoms with van der Waals surface area (Å²) in [6.07, 6.45) is 9.10. The van der Waals surface area contributed by atoms with E-state index in [9.17, 15) is 0 Å². The Balaban J connectivity index is 1.49. The molecule has 1 fully saturated rings. The second-order valence-electron chi connectivity index (χ2n) is 7.32. The molecule has 26 heavy (non-hydrogen) atoms. The molecule has 0 saturated heterocycles. The smallest absolute Gasteiger partial charge is 0.158 e. The van der Waals surface area contributed by atoms with Crippen LogP contribution in [0.4, 0.5) is 0 Å².